The lowest BCUT2D eigenvalue weighted by molar-refractivity contribution is 0.310. The van der Waals surface area contributed by atoms with Crippen LogP contribution in [0, 0.1) is 0 Å². The van der Waals surface area contributed by atoms with Crippen LogP contribution in [0.1, 0.15) is 12.5 Å². The number of piperazine rings is 1. The molecule has 0 radical (unpaired) electrons. The third kappa shape index (κ3) is 5.04. The van der Waals surface area contributed by atoms with Gasteiger partial charge in [0.1, 0.15) is 5.75 Å². The van der Waals surface area contributed by atoms with E-state index in [1.165, 1.54) is 0 Å². The molecular weight excluding hydrogens is 368 g/mol. The average Bonchev–Trinajstić information content (AvgIpc) is 2.75. The Morgan fingerprint density at radius 3 is 2.52 bits per heavy atom. The first-order chi connectivity index (χ1) is 14.2. The highest BCUT2D eigenvalue weighted by Gasteiger charge is 2.21. The van der Waals surface area contributed by atoms with Gasteiger partial charge in [-0.1, -0.05) is 18.2 Å². The van der Waals surface area contributed by atoms with E-state index >= 15 is 0 Å². The fourth-order valence-electron chi connectivity index (χ4n) is 3.50. The number of hydrogen-bond donors (Lipinski definition) is 2. The maximum Gasteiger partial charge on any atom is 0.194 e. The average molecular weight is 399 g/mol. The number of aromatic hydroxyl groups is 1. The standard InChI is InChI=1S/C22H30N4O3/c1-4-29-21-15-17(9-10-20(21)28-3)16-24-22(23-2)26-13-11-25(12-14-26)18-7-5-6-8-19(18)27/h5-10,15,27H,4,11-14,16H2,1-3H3,(H,23,24). The molecule has 156 valence electrons. The maximum atomic E-state index is 10.1. The molecule has 2 aromatic rings. The van der Waals surface area contributed by atoms with Crippen molar-refractivity contribution in [2.45, 2.75) is 13.5 Å². The van der Waals surface area contributed by atoms with Crippen LogP contribution in [-0.2, 0) is 6.54 Å². The van der Waals surface area contributed by atoms with Gasteiger partial charge in [0.15, 0.2) is 17.5 Å². The summed E-state index contributed by atoms with van der Waals surface area (Å²) in [7, 11) is 3.45. The molecule has 2 N–H and O–H groups in total. The van der Waals surface area contributed by atoms with Crippen molar-refractivity contribution in [3.05, 3.63) is 48.0 Å². The zero-order valence-corrected chi connectivity index (χ0v) is 17.4. The van der Waals surface area contributed by atoms with Crippen LogP contribution in [0.15, 0.2) is 47.5 Å². The molecule has 1 saturated heterocycles. The number of guanidine groups is 1. The predicted octanol–water partition coefficient (Wildman–Crippen LogP) is 2.70. The van der Waals surface area contributed by atoms with Crippen LogP contribution in [0.3, 0.4) is 0 Å². The molecule has 7 heteroatoms. The fraction of sp³-hybridized carbons (Fsp3) is 0.409. The van der Waals surface area contributed by atoms with Crippen LogP contribution in [0.5, 0.6) is 17.2 Å². The molecule has 0 aromatic heterocycles. The second-order valence-electron chi connectivity index (χ2n) is 6.78. The van der Waals surface area contributed by atoms with E-state index in [1.807, 2.05) is 43.3 Å². The van der Waals surface area contributed by atoms with E-state index in [4.69, 9.17) is 9.47 Å². The van der Waals surface area contributed by atoms with E-state index in [-0.39, 0.29) is 0 Å². The summed E-state index contributed by atoms with van der Waals surface area (Å²) in [5.41, 5.74) is 1.99. The number of aliphatic imine (C=N–C) groups is 1. The summed E-state index contributed by atoms with van der Waals surface area (Å²) in [5, 5.41) is 13.5. The molecule has 0 unspecified atom stereocenters. The molecular formula is C22H30N4O3. The lowest BCUT2D eigenvalue weighted by Gasteiger charge is -2.37. The first-order valence-corrected chi connectivity index (χ1v) is 9.94. The Morgan fingerprint density at radius 1 is 1.10 bits per heavy atom. The predicted molar refractivity (Wildman–Crippen MR) is 116 cm³/mol. The highest BCUT2D eigenvalue weighted by Crippen LogP contribution is 2.28. The molecule has 0 amide bonds. The van der Waals surface area contributed by atoms with Crippen molar-refractivity contribution >= 4 is 11.6 Å². The van der Waals surface area contributed by atoms with E-state index in [2.05, 4.69) is 20.1 Å². The largest absolute Gasteiger partial charge is 0.506 e. The van der Waals surface area contributed by atoms with Gasteiger partial charge in [-0.25, -0.2) is 0 Å². The number of nitrogens with zero attached hydrogens (tertiary/aromatic N) is 3. The Bertz CT molecular complexity index is 833. The van der Waals surface area contributed by atoms with E-state index in [0.29, 0.717) is 18.9 Å². The molecule has 1 aliphatic heterocycles. The third-order valence-electron chi connectivity index (χ3n) is 4.99. The lowest BCUT2D eigenvalue weighted by Crippen LogP contribution is -2.52. The molecule has 29 heavy (non-hydrogen) atoms. The smallest absolute Gasteiger partial charge is 0.194 e. The van der Waals surface area contributed by atoms with Gasteiger partial charge in [0.05, 0.1) is 19.4 Å². The number of nitrogens with one attached hydrogen (secondary N) is 1. The van der Waals surface area contributed by atoms with Gasteiger partial charge in [-0.2, -0.15) is 0 Å². The topological polar surface area (TPSA) is 69.6 Å². The van der Waals surface area contributed by atoms with Crippen LogP contribution in [0.25, 0.3) is 0 Å². The monoisotopic (exact) mass is 398 g/mol. The van der Waals surface area contributed by atoms with Crippen molar-refractivity contribution in [3.8, 4) is 17.2 Å². The Hall–Kier alpha value is -3.09. The maximum absolute atomic E-state index is 10.1. The highest BCUT2D eigenvalue weighted by molar-refractivity contribution is 5.80. The summed E-state index contributed by atoms with van der Waals surface area (Å²) in [6, 6.07) is 13.4. The number of para-hydroxylation sites is 2. The fourth-order valence-corrected chi connectivity index (χ4v) is 3.50. The highest BCUT2D eigenvalue weighted by atomic mass is 16.5. The van der Waals surface area contributed by atoms with Gasteiger partial charge in [-0.05, 0) is 36.8 Å². The van der Waals surface area contributed by atoms with Crippen molar-refractivity contribution < 1.29 is 14.6 Å². The van der Waals surface area contributed by atoms with E-state index < -0.39 is 0 Å². The number of phenols is 1. The van der Waals surface area contributed by atoms with Gasteiger partial charge in [-0.15, -0.1) is 0 Å². The number of ether oxygens (including phenoxy) is 2. The summed E-state index contributed by atoms with van der Waals surface area (Å²) < 4.78 is 11.0. The number of hydrogen-bond acceptors (Lipinski definition) is 5. The molecule has 0 saturated carbocycles. The second-order valence-corrected chi connectivity index (χ2v) is 6.78. The van der Waals surface area contributed by atoms with Crippen molar-refractivity contribution in [3.63, 3.8) is 0 Å². The van der Waals surface area contributed by atoms with Crippen molar-refractivity contribution in [2.75, 3.05) is 51.8 Å². The molecule has 0 bridgehead atoms. The number of methoxy groups -OCH3 is 1. The van der Waals surface area contributed by atoms with Gasteiger partial charge in [0, 0.05) is 39.8 Å². The molecule has 1 fully saturated rings. The quantitative estimate of drug-likeness (QED) is 0.576. The summed E-state index contributed by atoms with van der Waals surface area (Å²) in [5.74, 6) is 2.68. The normalized spacial score (nSPS) is 14.7. The van der Waals surface area contributed by atoms with Gasteiger partial charge < -0.3 is 29.7 Å². The third-order valence-corrected chi connectivity index (χ3v) is 4.99. The minimum absolute atomic E-state index is 0.327. The van der Waals surface area contributed by atoms with Crippen LogP contribution >= 0.6 is 0 Å². The molecule has 0 aliphatic carbocycles. The minimum Gasteiger partial charge on any atom is -0.506 e. The van der Waals surface area contributed by atoms with Crippen LogP contribution in [0.4, 0.5) is 5.69 Å². The lowest BCUT2D eigenvalue weighted by atomic mass is 10.2. The first kappa shape index (κ1) is 20.6. The number of anilines is 1. The number of phenolic OH excluding ortho intramolecular Hbond substituents is 1. The van der Waals surface area contributed by atoms with Gasteiger partial charge in [0.25, 0.3) is 0 Å². The molecule has 3 rings (SSSR count). The zero-order valence-electron chi connectivity index (χ0n) is 17.4. The molecule has 2 aromatic carbocycles. The number of rotatable bonds is 6. The van der Waals surface area contributed by atoms with Crippen molar-refractivity contribution in [1.29, 1.82) is 0 Å². The Balaban J connectivity index is 1.58. The van der Waals surface area contributed by atoms with Crippen LogP contribution in [0.2, 0.25) is 0 Å². The summed E-state index contributed by atoms with van der Waals surface area (Å²) in [6.45, 7) is 6.53. The summed E-state index contributed by atoms with van der Waals surface area (Å²) in [6.07, 6.45) is 0. The zero-order chi connectivity index (χ0) is 20.6. The Kier molecular flexibility index (Phi) is 7.05. The van der Waals surface area contributed by atoms with Gasteiger partial charge in [0.2, 0.25) is 0 Å². The molecule has 1 aliphatic rings. The molecule has 7 nitrogen and oxygen atoms in total. The van der Waals surface area contributed by atoms with Gasteiger partial charge >= 0.3 is 0 Å². The first-order valence-electron chi connectivity index (χ1n) is 9.94. The van der Waals surface area contributed by atoms with Crippen LogP contribution in [-0.4, -0.2) is 62.9 Å². The molecule has 0 atom stereocenters. The van der Waals surface area contributed by atoms with E-state index in [1.54, 1.807) is 20.2 Å². The molecule has 0 spiro atoms. The summed E-state index contributed by atoms with van der Waals surface area (Å²) >= 11 is 0. The minimum atomic E-state index is 0.327. The second kappa shape index (κ2) is 9.91. The van der Waals surface area contributed by atoms with Crippen molar-refractivity contribution in [1.82, 2.24) is 10.2 Å². The van der Waals surface area contributed by atoms with Crippen molar-refractivity contribution in [2.24, 2.45) is 4.99 Å². The SMILES string of the molecule is CCOc1cc(CNC(=NC)N2CCN(c3ccccc3O)CC2)ccc1OC. The Labute approximate surface area is 172 Å². The van der Waals surface area contributed by atoms with Gasteiger partial charge in [-0.3, -0.25) is 4.99 Å². The van der Waals surface area contributed by atoms with E-state index in [9.17, 15) is 5.11 Å². The molecule has 1 heterocycles. The van der Waals surface area contributed by atoms with E-state index in [0.717, 1.165) is 54.9 Å². The Morgan fingerprint density at radius 2 is 1.86 bits per heavy atom. The van der Waals surface area contributed by atoms with Crippen LogP contribution < -0.4 is 19.7 Å². The number of benzene rings is 2. The summed E-state index contributed by atoms with van der Waals surface area (Å²) in [4.78, 5) is 8.89.